The quantitative estimate of drug-likeness (QED) is 0.453. The van der Waals surface area contributed by atoms with Crippen LogP contribution in [0.5, 0.6) is 0 Å². The van der Waals surface area contributed by atoms with Gasteiger partial charge in [0.15, 0.2) is 0 Å². The van der Waals surface area contributed by atoms with E-state index in [9.17, 15) is 14.4 Å². The van der Waals surface area contributed by atoms with Crippen LogP contribution in [0.3, 0.4) is 0 Å². The van der Waals surface area contributed by atoms with Crippen LogP contribution in [0.4, 0.5) is 10.5 Å². The zero-order valence-corrected chi connectivity index (χ0v) is 22.5. The number of hydrogen-bond acceptors (Lipinski definition) is 4. The van der Waals surface area contributed by atoms with Gasteiger partial charge in [0.1, 0.15) is 17.7 Å². The van der Waals surface area contributed by atoms with Crippen LogP contribution in [0.2, 0.25) is 0 Å². The SMILES string of the molecule is C=CCN(C(=O)C(C)NC(=O)OC(C)(C)C)C(C(=O)Nc1c(C)cccc1C)c1ccc(CC)cc1. The van der Waals surface area contributed by atoms with Gasteiger partial charge < -0.3 is 20.3 Å². The zero-order valence-electron chi connectivity index (χ0n) is 22.5. The summed E-state index contributed by atoms with van der Waals surface area (Å²) in [5, 5.41) is 5.62. The summed E-state index contributed by atoms with van der Waals surface area (Å²) < 4.78 is 5.30. The molecule has 2 aromatic rings. The molecule has 0 heterocycles. The summed E-state index contributed by atoms with van der Waals surface area (Å²) in [6.45, 7) is 16.6. The maximum atomic E-state index is 13.8. The number of carbonyl (C=O) groups excluding carboxylic acids is 3. The highest BCUT2D eigenvalue weighted by Gasteiger charge is 2.34. The van der Waals surface area contributed by atoms with Crippen LogP contribution in [0.1, 0.15) is 62.9 Å². The summed E-state index contributed by atoms with van der Waals surface area (Å²) in [5.74, 6) is -0.779. The molecule has 0 radical (unpaired) electrons. The fraction of sp³-hybridized carbons (Fsp3) is 0.414. The number of para-hydroxylation sites is 1. The van der Waals surface area contributed by atoms with Crippen molar-refractivity contribution >= 4 is 23.6 Å². The van der Waals surface area contributed by atoms with E-state index in [1.807, 2.05) is 56.3 Å². The summed E-state index contributed by atoms with van der Waals surface area (Å²) in [5.41, 5.74) is 3.63. The summed E-state index contributed by atoms with van der Waals surface area (Å²) in [6.07, 6.45) is 1.72. The highest BCUT2D eigenvalue weighted by atomic mass is 16.6. The van der Waals surface area contributed by atoms with Crippen molar-refractivity contribution in [1.82, 2.24) is 10.2 Å². The zero-order chi connectivity index (χ0) is 27.0. The number of carbonyl (C=O) groups is 3. The van der Waals surface area contributed by atoms with Gasteiger partial charge in [0.05, 0.1) is 0 Å². The number of nitrogens with one attached hydrogen (secondary N) is 2. The number of amides is 3. The molecule has 0 aliphatic carbocycles. The Morgan fingerprint density at radius 1 is 1.06 bits per heavy atom. The van der Waals surface area contributed by atoms with Crippen molar-refractivity contribution in [2.24, 2.45) is 0 Å². The first kappa shape index (κ1) is 28.6. The molecule has 7 nitrogen and oxygen atoms in total. The van der Waals surface area contributed by atoms with Crippen molar-refractivity contribution in [3.05, 3.63) is 77.4 Å². The number of anilines is 1. The summed E-state index contributed by atoms with van der Waals surface area (Å²) >= 11 is 0. The minimum Gasteiger partial charge on any atom is -0.444 e. The lowest BCUT2D eigenvalue weighted by Gasteiger charge is -2.33. The molecule has 3 amide bonds. The molecule has 2 rings (SSSR count). The van der Waals surface area contributed by atoms with Crippen molar-refractivity contribution in [2.75, 3.05) is 11.9 Å². The molecule has 0 saturated heterocycles. The number of benzene rings is 2. The molecule has 0 saturated carbocycles. The monoisotopic (exact) mass is 493 g/mol. The molecule has 194 valence electrons. The molecule has 0 fully saturated rings. The number of aryl methyl sites for hydroxylation is 3. The predicted octanol–water partition coefficient (Wildman–Crippen LogP) is 5.47. The molecule has 0 aliphatic rings. The van der Waals surface area contributed by atoms with Crippen LogP contribution in [-0.2, 0) is 20.7 Å². The Morgan fingerprint density at radius 2 is 1.64 bits per heavy atom. The third-order valence-corrected chi connectivity index (χ3v) is 5.71. The second-order valence-electron chi connectivity index (χ2n) is 9.90. The van der Waals surface area contributed by atoms with Gasteiger partial charge in [-0.05, 0) is 70.2 Å². The van der Waals surface area contributed by atoms with Crippen molar-refractivity contribution in [1.29, 1.82) is 0 Å². The van der Waals surface area contributed by atoms with Crippen molar-refractivity contribution in [3.8, 4) is 0 Å². The van der Waals surface area contributed by atoms with E-state index >= 15 is 0 Å². The summed E-state index contributed by atoms with van der Waals surface area (Å²) in [6, 6.07) is 11.5. The topological polar surface area (TPSA) is 87.7 Å². The van der Waals surface area contributed by atoms with Crippen molar-refractivity contribution < 1.29 is 19.1 Å². The van der Waals surface area contributed by atoms with E-state index in [0.29, 0.717) is 11.3 Å². The fourth-order valence-electron chi connectivity index (χ4n) is 3.87. The van der Waals surface area contributed by atoms with Crippen LogP contribution in [-0.4, -0.2) is 41.0 Å². The summed E-state index contributed by atoms with van der Waals surface area (Å²) in [7, 11) is 0. The van der Waals surface area contributed by atoms with Gasteiger partial charge in [-0.15, -0.1) is 6.58 Å². The van der Waals surface area contributed by atoms with Crippen LogP contribution in [0.25, 0.3) is 0 Å². The van der Waals surface area contributed by atoms with Crippen LogP contribution in [0.15, 0.2) is 55.1 Å². The van der Waals surface area contributed by atoms with Crippen LogP contribution < -0.4 is 10.6 Å². The lowest BCUT2D eigenvalue weighted by Crippen LogP contribution is -2.51. The number of rotatable bonds is 9. The lowest BCUT2D eigenvalue weighted by molar-refractivity contribution is -0.139. The van der Waals surface area contributed by atoms with Gasteiger partial charge in [-0.2, -0.15) is 0 Å². The van der Waals surface area contributed by atoms with E-state index in [2.05, 4.69) is 24.1 Å². The lowest BCUT2D eigenvalue weighted by atomic mass is 10.00. The molecule has 2 aromatic carbocycles. The molecule has 7 heteroatoms. The molecule has 2 unspecified atom stereocenters. The largest absolute Gasteiger partial charge is 0.444 e. The van der Waals surface area contributed by atoms with E-state index in [1.54, 1.807) is 33.8 Å². The van der Waals surface area contributed by atoms with Gasteiger partial charge >= 0.3 is 6.09 Å². The molecular formula is C29H39N3O4. The van der Waals surface area contributed by atoms with E-state index in [0.717, 1.165) is 23.1 Å². The Morgan fingerprint density at radius 3 is 2.14 bits per heavy atom. The smallest absolute Gasteiger partial charge is 0.408 e. The van der Waals surface area contributed by atoms with Crippen molar-refractivity contribution in [3.63, 3.8) is 0 Å². The molecule has 2 atom stereocenters. The summed E-state index contributed by atoms with van der Waals surface area (Å²) in [4.78, 5) is 41.1. The van der Waals surface area contributed by atoms with Gasteiger partial charge in [-0.1, -0.05) is 55.5 Å². The molecule has 0 bridgehead atoms. The number of ether oxygens (including phenoxy) is 1. The minimum atomic E-state index is -0.941. The maximum Gasteiger partial charge on any atom is 0.408 e. The van der Waals surface area contributed by atoms with E-state index in [4.69, 9.17) is 4.74 Å². The first-order valence-electron chi connectivity index (χ1n) is 12.2. The Labute approximate surface area is 214 Å². The van der Waals surface area contributed by atoms with Crippen molar-refractivity contribution in [2.45, 2.75) is 72.6 Å². The van der Waals surface area contributed by atoms with Crippen LogP contribution >= 0.6 is 0 Å². The molecule has 2 N–H and O–H groups in total. The fourth-order valence-corrected chi connectivity index (χ4v) is 3.87. The molecule has 0 spiro atoms. The Bertz CT molecular complexity index is 1070. The third kappa shape index (κ3) is 7.70. The maximum absolute atomic E-state index is 13.8. The highest BCUT2D eigenvalue weighted by molar-refractivity contribution is 5.99. The Kier molecular flexibility index (Phi) is 9.84. The number of alkyl carbamates (subject to hydrolysis) is 1. The van der Waals surface area contributed by atoms with Gasteiger partial charge in [-0.3, -0.25) is 9.59 Å². The minimum absolute atomic E-state index is 0.111. The highest BCUT2D eigenvalue weighted by Crippen LogP contribution is 2.27. The van der Waals surface area contributed by atoms with Gasteiger partial charge in [-0.25, -0.2) is 4.79 Å². The van der Waals surface area contributed by atoms with Gasteiger partial charge in [0, 0.05) is 12.2 Å². The third-order valence-electron chi connectivity index (χ3n) is 5.71. The number of nitrogens with zero attached hydrogens (tertiary/aromatic N) is 1. The molecule has 36 heavy (non-hydrogen) atoms. The van der Waals surface area contributed by atoms with Gasteiger partial charge in [0.2, 0.25) is 5.91 Å². The first-order valence-corrected chi connectivity index (χ1v) is 12.2. The average Bonchev–Trinajstić information content (AvgIpc) is 2.79. The second kappa shape index (κ2) is 12.4. The van der Waals surface area contributed by atoms with Crippen LogP contribution in [0, 0.1) is 13.8 Å². The molecule has 0 aromatic heterocycles. The molecule has 0 aliphatic heterocycles. The first-order chi connectivity index (χ1) is 16.9. The average molecular weight is 494 g/mol. The Hall–Kier alpha value is -3.61. The standard InChI is InChI=1S/C29H39N3O4/c1-9-18-32(27(34)21(5)30-28(35)36-29(6,7)8)25(23-16-14-22(10-2)15-17-23)26(33)31-24-19(3)12-11-13-20(24)4/h9,11-17,21,25H,1,10,18H2,2-8H3,(H,30,35)(H,31,33). The van der Waals surface area contributed by atoms with E-state index in [-0.39, 0.29) is 12.5 Å². The van der Waals surface area contributed by atoms with Gasteiger partial charge in [0.25, 0.3) is 5.91 Å². The normalized spacial score (nSPS) is 12.8. The number of hydrogen-bond donors (Lipinski definition) is 2. The Balaban J connectivity index is 2.45. The van der Waals surface area contributed by atoms with E-state index < -0.39 is 29.7 Å². The second-order valence-corrected chi connectivity index (χ2v) is 9.90. The predicted molar refractivity (Wildman–Crippen MR) is 144 cm³/mol. The van der Waals surface area contributed by atoms with E-state index in [1.165, 1.54) is 4.90 Å². The molecular weight excluding hydrogens is 454 g/mol.